The minimum absolute atomic E-state index is 0.00477. The molecule has 0 saturated carbocycles. The van der Waals surface area contributed by atoms with Gasteiger partial charge in [0.2, 0.25) is 5.91 Å². The highest BCUT2D eigenvalue weighted by molar-refractivity contribution is 5.76. The Bertz CT molecular complexity index is 764. The number of H-pyrrole nitrogens is 1. The average molecular weight is 315 g/mol. The maximum Gasteiger partial charge on any atom is 0.267 e. The van der Waals surface area contributed by atoms with Crippen LogP contribution in [0.15, 0.2) is 23.1 Å². The molecule has 2 aromatic heterocycles. The zero-order chi connectivity index (χ0) is 16.4. The Labute approximate surface area is 134 Å². The molecular weight excluding hydrogens is 294 g/mol. The summed E-state index contributed by atoms with van der Waals surface area (Å²) in [6.07, 6.45) is 3.80. The highest BCUT2D eigenvalue weighted by Gasteiger charge is 2.26. The predicted octanol–water partition coefficient (Wildman–Crippen LogP) is 0.989. The Balaban J connectivity index is 1.71. The molecule has 1 atom stereocenters. The average Bonchev–Trinajstić information content (AvgIpc) is 2.97. The van der Waals surface area contributed by atoms with Crippen LogP contribution >= 0.6 is 0 Å². The van der Waals surface area contributed by atoms with Gasteiger partial charge in [0.15, 0.2) is 0 Å². The van der Waals surface area contributed by atoms with E-state index in [-0.39, 0.29) is 23.9 Å². The molecule has 0 spiro atoms. The summed E-state index contributed by atoms with van der Waals surface area (Å²) in [6.45, 7) is 5.20. The normalized spacial score (nSPS) is 18.2. The van der Waals surface area contributed by atoms with Crippen LogP contribution in [0.25, 0.3) is 0 Å². The van der Waals surface area contributed by atoms with Crippen molar-refractivity contribution in [2.75, 3.05) is 13.1 Å². The molecule has 1 unspecified atom stereocenters. The molecule has 0 radical (unpaired) electrons. The number of piperidine rings is 1. The molecule has 1 amide bonds. The van der Waals surface area contributed by atoms with Crippen molar-refractivity contribution >= 4 is 5.91 Å². The highest BCUT2D eigenvalue weighted by atomic mass is 16.2. The lowest BCUT2D eigenvalue weighted by Gasteiger charge is -2.32. The van der Waals surface area contributed by atoms with Crippen LogP contribution in [0.5, 0.6) is 0 Å². The largest absolute Gasteiger partial charge is 0.340 e. The molecule has 7 heteroatoms. The maximum absolute atomic E-state index is 12.5. The number of hydrogen-bond acceptors (Lipinski definition) is 4. The second kappa shape index (κ2) is 6.36. The molecule has 1 saturated heterocycles. The van der Waals surface area contributed by atoms with Gasteiger partial charge >= 0.3 is 0 Å². The number of aromatic amines is 1. The van der Waals surface area contributed by atoms with E-state index in [2.05, 4.69) is 15.3 Å². The first-order valence-electron chi connectivity index (χ1n) is 7.87. The molecular formula is C16H21N5O2. The summed E-state index contributed by atoms with van der Waals surface area (Å²) >= 11 is 0. The molecule has 7 nitrogen and oxygen atoms in total. The van der Waals surface area contributed by atoms with Crippen molar-refractivity contribution in [2.45, 2.75) is 39.2 Å². The number of likely N-dealkylation sites (tertiary alicyclic amines) is 1. The lowest BCUT2D eigenvalue weighted by molar-refractivity contribution is -0.133. The van der Waals surface area contributed by atoms with Crippen LogP contribution in [-0.2, 0) is 11.3 Å². The topological polar surface area (TPSA) is 83.9 Å². The maximum atomic E-state index is 12.5. The monoisotopic (exact) mass is 315 g/mol. The third-order valence-electron chi connectivity index (χ3n) is 4.34. The summed E-state index contributed by atoms with van der Waals surface area (Å²) in [4.78, 5) is 26.2. The van der Waals surface area contributed by atoms with Gasteiger partial charge in [-0.2, -0.15) is 10.2 Å². The first kappa shape index (κ1) is 15.5. The molecule has 1 fully saturated rings. The molecule has 0 bridgehead atoms. The van der Waals surface area contributed by atoms with Crippen molar-refractivity contribution in [3.63, 3.8) is 0 Å². The van der Waals surface area contributed by atoms with Gasteiger partial charge in [0, 0.05) is 30.8 Å². The van der Waals surface area contributed by atoms with E-state index in [0.29, 0.717) is 6.54 Å². The fourth-order valence-corrected chi connectivity index (χ4v) is 3.10. The third-order valence-corrected chi connectivity index (χ3v) is 4.34. The Morgan fingerprint density at radius 1 is 1.39 bits per heavy atom. The Morgan fingerprint density at radius 2 is 2.22 bits per heavy atom. The minimum atomic E-state index is -0.248. The Kier molecular flexibility index (Phi) is 4.27. The molecule has 1 aliphatic rings. The Hall–Kier alpha value is -2.44. The second-order valence-corrected chi connectivity index (χ2v) is 6.12. The number of nitrogens with one attached hydrogen (secondary N) is 1. The second-order valence-electron chi connectivity index (χ2n) is 6.12. The quantitative estimate of drug-likeness (QED) is 0.915. The first-order chi connectivity index (χ1) is 11.0. The van der Waals surface area contributed by atoms with Crippen molar-refractivity contribution in [3.8, 4) is 0 Å². The molecule has 3 rings (SSSR count). The van der Waals surface area contributed by atoms with Crippen molar-refractivity contribution in [1.29, 1.82) is 0 Å². The number of aryl methyl sites for hydroxylation is 2. The Morgan fingerprint density at radius 3 is 2.96 bits per heavy atom. The number of carbonyl (C=O) groups is 1. The number of hydrogen-bond donors (Lipinski definition) is 1. The minimum Gasteiger partial charge on any atom is -0.340 e. The van der Waals surface area contributed by atoms with Gasteiger partial charge in [-0.05, 0) is 38.3 Å². The van der Waals surface area contributed by atoms with Crippen LogP contribution in [0.1, 0.15) is 35.7 Å². The van der Waals surface area contributed by atoms with Crippen LogP contribution in [0.2, 0.25) is 0 Å². The molecule has 2 aromatic rings. The number of rotatable bonds is 3. The van der Waals surface area contributed by atoms with E-state index in [1.165, 1.54) is 10.7 Å². The number of nitrogens with zero attached hydrogens (tertiary/aromatic N) is 4. The van der Waals surface area contributed by atoms with Gasteiger partial charge in [-0.1, -0.05) is 0 Å². The van der Waals surface area contributed by atoms with E-state index >= 15 is 0 Å². The first-order valence-corrected chi connectivity index (χ1v) is 7.87. The standard InChI is InChI=1S/C16H21N5O2/c1-11-8-17-18-16(11)13-4-3-7-20(9-13)15(23)10-21-14(22)6-5-12(2)19-21/h5-6,8,13H,3-4,7,9-10H2,1-2H3,(H,17,18). The predicted molar refractivity (Wildman–Crippen MR) is 85.1 cm³/mol. The summed E-state index contributed by atoms with van der Waals surface area (Å²) in [6, 6.07) is 3.10. The van der Waals surface area contributed by atoms with Gasteiger partial charge in [0.1, 0.15) is 6.54 Å². The third kappa shape index (κ3) is 3.33. The fourth-order valence-electron chi connectivity index (χ4n) is 3.10. The molecule has 0 aliphatic carbocycles. The van der Waals surface area contributed by atoms with Crippen molar-refractivity contribution in [3.05, 3.63) is 45.6 Å². The number of carbonyl (C=O) groups excluding carboxylic acids is 1. The molecule has 3 heterocycles. The van der Waals surface area contributed by atoms with Crippen LogP contribution in [0.4, 0.5) is 0 Å². The van der Waals surface area contributed by atoms with Gasteiger partial charge in [-0.3, -0.25) is 14.7 Å². The summed E-state index contributed by atoms with van der Waals surface area (Å²) in [5.41, 5.74) is 2.71. The van der Waals surface area contributed by atoms with Gasteiger partial charge < -0.3 is 4.90 Å². The molecule has 122 valence electrons. The smallest absolute Gasteiger partial charge is 0.267 e. The highest BCUT2D eigenvalue weighted by Crippen LogP contribution is 2.27. The summed E-state index contributed by atoms with van der Waals surface area (Å²) in [7, 11) is 0. The summed E-state index contributed by atoms with van der Waals surface area (Å²) < 4.78 is 1.24. The molecule has 1 aliphatic heterocycles. The van der Waals surface area contributed by atoms with Crippen LogP contribution in [0.3, 0.4) is 0 Å². The van der Waals surface area contributed by atoms with Crippen LogP contribution in [0, 0.1) is 13.8 Å². The van der Waals surface area contributed by atoms with Crippen molar-refractivity contribution < 1.29 is 4.79 Å². The van der Waals surface area contributed by atoms with E-state index in [0.717, 1.165) is 36.3 Å². The summed E-state index contributed by atoms with van der Waals surface area (Å²) in [5, 5.41) is 11.2. The summed E-state index contributed by atoms with van der Waals surface area (Å²) in [5.74, 6) is 0.212. The zero-order valence-electron chi connectivity index (χ0n) is 13.5. The lowest BCUT2D eigenvalue weighted by atomic mass is 9.93. The van der Waals surface area contributed by atoms with Crippen LogP contribution in [-0.4, -0.2) is 43.9 Å². The van der Waals surface area contributed by atoms with Crippen molar-refractivity contribution in [2.24, 2.45) is 0 Å². The van der Waals surface area contributed by atoms with Crippen molar-refractivity contribution in [1.82, 2.24) is 24.9 Å². The lowest BCUT2D eigenvalue weighted by Crippen LogP contribution is -2.42. The molecule has 1 N–H and O–H groups in total. The number of amides is 1. The fraction of sp³-hybridized carbons (Fsp3) is 0.500. The van der Waals surface area contributed by atoms with E-state index in [4.69, 9.17) is 0 Å². The van der Waals surface area contributed by atoms with E-state index < -0.39 is 0 Å². The molecule has 0 aromatic carbocycles. The van der Waals surface area contributed by atoms with Crippen LogP contribution < -0.4 is 5.56 Å². The van der Waals surface area contributed by atoms with Gasteiger partial charge in [-0.15, -0.1) is 0 Å². The van der Waals surface area contributed by atoms with E-state index in [9.17, 15) is 9.59 Å². The van der Waals surface area contributed by atoms with Gasteiger partial charge in [0.25, 0.3) is 5.56 Å². The molecule has 23 heavy (non-hydrogen) atoms. The van der Waals surface area contributed by atoms with E-state index in [1.54, 1.807) is 13.0 Å². The number of aromatic nitrogens is 4. The van der Waals surface area contributed by atoms with Gasteiger partial charge in [-0.25, -0.2) is 4.68 Å². The zero-order valence-corrected chi connectivity index (χ0v) is 13.5. The SMILES string of the molecule is Cc1ccc(=O)n(CC(=O)N2CCCC(c3[nH]ncc3C)C2)n1. The van der Waals surface area contributed by atoms with Gasteiger partial charge in [0.05, 0.1) is 11.9 Å². The van der Waals surface area contributed by atoms with E-state index in [1.807, 2.05) is 18.0 Å².